The third-order valence-corrected chi connectivity index (χ3v) is 2.68. The van der Waals surface area contributed by atoms with E-state index in [-0.39, 0.29) is 36.4 Å². The van der Waals surface area contributed by atoms with Gasteiger partial charge in [-0.25, -0.2) is 9.38 Å². The molecule has 1 rings (SSSR count). The molecule has 0 aromatic heterocycles. The van der Waals surface area contributed by atoms with Crippen LogP contribution >= 0.6 is 24.0 Å². The fourth-order valence-corrected chi connectivity index (χ4v) is 1.62. The van der Waals surface area contributed by atoms with Crippen LogP contribution in [0.2, 0.25) is 0 Å². The standard InChI is InChI=1S/C14H22FN3O.HI/c1-3-4-7-17-14(16)18-9-11-5-6-13(15)12(8-11)10-19-2;/h5-6,8H,3-4,7,9-10H2,1-2H3,(H3,16,17,18);1H. The molecule has 0 saturated heterocycles. The lowest BCUT2D eigenvalue weighted by Gasteiger charge is -2.06. The summed E-state index contributed by atoms with van der Waals surface area (Å²) in [5, 5.41) is 3.03. The van der Waals surface area contributed by atoms with Gasteiger partial charge in [-0.15, -0.1) is 24.0 Å². The summed E-state index contributed by atoms with van der Waals surface area (Å²) in [5.41, 5.74) is 7.17. The molecule has 1 aromatic rings. The summed E-state index contributed by atoms with van der Waals surface area (Å²) >= 11 is 0. The maximum Gasteiger partial charge on any atom is 0.188 e. The molecule has 0 fully saturated rings. The van der Waals surface area contributed by atoms with Crippen molar-refractivity contribution in [2.75, 3.05) is 13.7 Å². The Morgan fingerprint density at radius 2 is 2.20 bits per heavy atom. The summed E-state index contributed by atoms with van der Waals surface area (Å²) in [5.74, 6) is 0.162. The molecule has 0 spiro atoms. The number of unbranched alkanes of at least 4 members (excludes halogenated alkanes) is 1. The van der Waals surface area contributed by atoms with Gasteiger partial charge in [0.15, 0.2) is 5.96 Å². The lowest BCUT2D eigenvalue weighted by atomic mass is 10.1. The first kappa shape index (κ1) is 19.1. The SMILES string of the molecule is CCCCNC(N)=NCc1ccc(F)c(COC)c1.I. The predicted octanol–water partition coefficient (Wildman–Crippen LogP) is 2.79. The topological polar surface area (TPSA) is 59.6 Å². The smallest absolute Gasteiger partial charge is 0.188 e. The zero-order valence-corrected chi connectivity index (χ0v) is 14.3. The Bertz CT molecular complexity index is 427. The lowest BCUT2D eigenvalue weighted by Crippen LogP contribution is -2.32. The second kappa shape index (κ2) is 10.8. The van der Waals surface area contributed by atoms with E-state index in [1.54, 1.807) is 19.2 Å². The van der Waals surface area contributed by atoms with Crippen LogP contribution in [0.1, 0.15) is 30.9 Å². The quantitative estimate of drug-likeness (QED) is 0.323. The highest BCUT2D eigenvalue weighted by Gasteiger charge is 2.03. The molecule has 4 nitrogen and oxygen atoms in total. The highest BCUT2D eigenvalue weighted by molar-refractivity contribution is 14.0. The van der Waals surface area contributed by atoms with Crippen LogP contribution in [0.25, 0.3) is 0 Å². The molecule has 0 unspecified atom stereocenters. The van der Waals surface area contributed by atoms with Gasteiger partial charge >= 0.3 is 0 Å². The number of hydrogen-bond donors (Lipinski definition) is 2. The van der Waals surface area contributed by atoms with Gasteiger partial charge in [0.25, 0.3) is 0 Å². The molecule has 0 bridgehead atoms. The molecule has 114 valence electrons. The lowest BCUT2D eigenvalue weighted by molar-refractivity contribution is 0.181. The molecule has 0 radical (unpaired) electrons. The molecular weight excluding hydrogens is 372 g/mol. The zero-order valence-electron chi connectivity index (χ0n) is 12.0. The highest BCUT2D eigenvalue weighted by atomic mass is 127. The molecule has 3 N–H and O–H groups in total. The van der Waals surface area contributed by atoms with Gasteiger partial charge in [0, 0.05) is 19.2 Å². The summed E-state index contributed by atoms with van der Waals surface area (Å²) in [6.07, 6.45) is 2.17. The molecule has 0 aliphatic carbocycles. The van der Waals surface area contributed by atoms with Crippen LogP contribution in [-0.4, -0.2) is 19.6 Å². The number of guanidine groups is 1. The summed E-state index contributed by atoms with van der Waals surface area (Å²) in [6, 6.07) is 4.89. The van der Waals surface area contributed by atoms with E-state index in [1.807, 2.05) is 0 Å². The summed E-state index contributed by atoms with van der Waals surface area (Å²) in [4.78, 5) is 4.22. The Morgan fingerprint density at radius 3 is 2.85 bits per heavy atom. The Morgan fingerprint density at radius 1 is 1.45 bits per heavy atom. The van der Waals surface area contributed by atoms with Crippen molar-refractivity contribution in [3.05, 3.63) is 35.1 Å². The fourth-order valence-electron chi connectivity index (χ4n) is 1.62. The number of nitrogens with two attached hydrogens (primary N) is 1. The number of ether oxygens (including phenoxy) is 1. The van der Waals surface area contributed by atoms with Gasteiger partial charge in [0.2, 0.25) is 0 Å². The Kier molecular flexibility index (Phi) is 10.4. The number of aliphatic imine (C=N–C) groups is 1. The van der Waals surface area contributed by atoms with E-state index in [0.717, 1.165) is 24.9 Å². The van der Waals surface area contributed by atoms with Crippen LogP contribution in [-0.2, 0) is 17.9 Å². The van der Waals surface area contributed by atoms with Gasteiger partial charge in [-0.3, -0.25) is 0 Å². The van der Waals surface area contributed by atoms with Gasteiger partial charge in [-0.1, -0.05) is 19.4 Å². The summed E-state index contributed by atoms with van der Waals surface area (Å²) < 4.78 is 18.4. The molecule has 0 heterocycles. The van der Waals surface area contributed by atoms with Crippen LogP contribution < -0.4 is 11.1 Å². The minimum absolute atomic E-state index is 0. The number of nitrogens with one attached hydrogen (secondary N) is 1. The monoisotopic (exact) mass is 395 g/mol. The van der Waals surface area contributed by atoms with Gasteiger partial charge < -0.3 is 15.8 Å². The molecule has 0 atom stereocenters. The van der Waals surface area contributed by atoms with E-state index in [4.69, 9.17) is 10.5 Å². The van der Waals surface area contributed by atoms with Crippen LogP contribution in [0.5, 0.6) is 0 Å². The molecule has 0 saturated carbocycles. The molecule has 0 aliphatic heterocycles. The fraction of sp³-hybridized carbons (Fsp3) is 0.500. The third-order valence-electron chi connectivity index (χ3n) is 2.68. The number of hydrogen-bond acceptors (Lipinski definition) is 2. The van der Waals surface area contributed by atoms with Crippen LogP contribution in [0.4, 0.5) is 4.39 Å². The van der Waals surface area contributed by atoms with Gasteiger partial charge in [0.05, 0.1) is 13.2 Å². The predicted molar refractivity (Wildman–Crippen MR) is 90.8 cm³/mol. The first-order chi connectivity index (χ1) is 9.17. The summed E-state index contributed by atoms with van der Waals surface area (Å²) in [7, 11) is 1.54. The van der Waals surface area contributed by atoms with E-state index in [1.165, 1.54) is 6.07 Å². The van der Waals surface area contributed by atoms with Crippen LogP contribution in [0, 0.1) is 5.82 Å². The van der Waals surface area contributed by atoms with Gasteiger partial charge in [0.1, 0.15) is 5.82 Å². The van der Waals surface area contributed by atoms with Gasteiger partial charge in [-0.05, 0) is 24.1 Å². The second-order valence-corrected chi connectivity index (χ2v) is 4.34. The first-order valence-electron chi connectivity index (χ1n) is 6.47. The van der Waals surface area contributed by atoms with Crippen LogP contribution in [0.3, 0.4) is 0 Å². The summed E-state index contributed by atoms with van der Waals surface area (Å²) in [6.45, 7) is 3.63. The molecular formula is C14H23FIN3O. The van der Waals surface area contributed by atoms with Gasteiger partial charge in [-0.2, -0.15) is 0 Å². The zero-order chi connectivity index (χ0) is 14.1. The number of halogens is 2. The second-order valence-electron chi connectivity index (χ2n) is 4.34. The van der Waals surface area contributed by atoms with E-state index in [2.05, 4.69) is 17.2 Å². The third kappa shape index (κ3) is 7.04. The van der Waals surface area contributed by atoms with E-state index >= 15 is 0 Å². The molecule has 1 aromatic carbocycles. The molecule has 20 heavy (non-hydrogen) atoms. The number of rotatable bonds is 7. The number of methoxy groups -OCH3 is 1. The van der Waals surface area contributed by atoms with Crippen molar-refractivity contribution in [3.8, 4) is 0 Å². The van der Waals surface area contributed by atoms with Crippen molar-refractivity contribution >= 4 is 29.9 Å². The Labute approximate surface area is 137 Å². The largest absolute Gasteiger partial charge is 0.380 e. The Hall–Kier alpha value is -0.890. The van der Waals surface area contributed by atoms with Crippen molar-refractivity contribution in [3.63, 3.8) is 0 Å². The van der Waals surface area contributed by atoms with Crippen molar-refractivity contribution < 1.29 is 9.13 Å². The van der Waals surface area contributed by atoms with Crippen molar-refractivity contribution in [2.24, 2.45) is 10.7 Å². The normalized spacial score (nSPS) is 11.1. The van der Waals surface area contributed by atoms with E-state index in [0.29, 0.717) is 18.1 Å². The average Bonchev–Trinajstić information content (AvgIpc) is 2.40. The van der Waals surface area contributed by atoms with E-state index in [9.17, 15) is 4.39 Å². The van der Waals surface area contributed by atoms with Crippen molar-refractivity contribution in [1.82, 2.24) is 5.32 Å². The first-order valence-corrected chi connectivity index (χ1v) is 6.47. The highest BCUT2D eigenvalue weighted by Crippen LogP contribution is 2.12. The molecule has 6 heteroatoms. The molecule has 0 amide bonds. The van der Waals surface area contributed by atoms with Crippen LogP contribution in [0.15, 0.2) is 23.2 Å². The van der Waals surface area contributed by atoms with Crippen molar-refractivity contribution in [1.29, 1.82) is 0 Å². The minimum Gasteiger partial charge on any atom is -0.380 e. The minimum atomic E-state index is -0.261. The molecule has 0 aliphatic rings. The Balaban J connectivity index is 0.00000361. The average molecular weight is 395 g/mol. The number of nitrogens with zero attached hydrogens (tertiary/aromatic N) is 1. The number of benzene rings is 1. The maximum atomic E-state index is 13.4. The maximum absolute atomic E-state index is 13.4. The van der Waals surface area contributed by atoms with E-state index < -0.39 is 0 Å². The van der Waals surface area contributed by atoms with Crippen molar-refractivity contribution in [2.45, 2.75) is 32.9 Å².